The Morgan fingerprint density at radius 2 is 1.63 bits per heavy atom. The topological polar surface area (TPSA) is 32.3 Å². The molecule has 0 amide bonds. The quantitative estimate of drug-likeness (QED) is 0.860. The second kappa shape index (κ2) is 6.50. The van der Waals surface area contributed by atoms with Gasteiger partial charge in [-0.05, 0) is 30.5 Å². The van der Waals surface area contributed by atoms with E-state index in [1.54, 1.807) is 0 Å². The first-order valence-corrected chi connectivity index (χ1v) is 6.69. The zero-order valence-corrected chi connectivity index (χ0v) is 11.5. The van der Waals surface area contributed by atoms with Crippen LogP contribution in [-0.2, 0) is 6.54 Å². The summed E-state index contributed by atoms with van der Waals surface area (Å²) in [4.78, 5) is 0. The number of benzene rings is 2. The molecule has 2 nitrogen and oxygen atoms in total. The van der Waals surface area contributed by atoms with E-state index in [1.165, 1.54) is 11.1 Å². The highest BCUT2D eigenvalue weighted by Crippen LogP contribution is 2.16. The summed E-state index contributed by atoms with van der Waals surface area (Å²) in [5, 5.41) is 13.7. The van der Waals surface area contributed by atoms with Gasteiger partial charge in [-0.1, -0.05) is 54.6 Å². The highest BCUT2D eigenvalue weighted by atomic mass is 16.3. The minimum absolute atomic E-state index is 0.0157. The average Bonchev–Trinajstić information content (AvgIpc) is 2.46. The van der Waals surface area contributed by atoms with E-state index >= 15 is 0 Å². The summed E-state index contributed by atoms with van der Waals surface area (Å²) >= 11 is 0. The maximum atomic E-state index is 10.3. The van der Waals surface area contributed by atoms with Gasteiger partial charge < -0.3 is 10.4 Å². The molecule has 0 heterocycles. The van der Waals surface area contributed by atoms with Gasteiger partial charge in [0.15, 0.2) is 0 Å². The van der Waals surface area contributed by atoms with Crippen molar-refractivity contribution in [3.05, 3.63) is 71.3 Å². The molecule has 2 N–H and O–H groups in total. The number of aryl methyl sites for hydroxylation is 1. The Morgan fingerprint density at radius 3 is 2.32 bits per heavy atom. The van der Waals surface area contributed by atoms with E-state index in [2.05, 4.69) is 24.4 Å². The molecular weight excluding hydrogens is 234 g/mol. The molecule has 0 fully saturated rings. The van der Waals surface area contributed by atoms with Crippen LogP contribution in [0, 0.1) is 6.92 Å². The first kappa shape index (κ1) is 13.8. The van der Waals surface area contributed by atoms with Gasteiger partial charge in [-0.25, -0.2) is 0 Å². The first-order chi connectivity index (χ1) is 9.18. The van der Waals surface area contributed by atoms with Crippen molar-refractivity contribution in [2.75, 3.05) is 0 Å². The standard InChI is InChI=1S/C17H21NO/c1-13-8-6-7-11-16(13)12-18-14(2)17(19)15-9-4-3-5-10-15/h3-11,14,17-19H,12H2,1-2H3/t14?,17-/m1/s1. The summed E-state index contributed by atoms with van der Waals surface area (Å²) in [6.45, 7) is 4.89. The van der Waals surface area contributed by atoms with Crippen LogP contribution in [0.4, 0.5) is 0 Å². The number of hydrogen-bond acceptors (Lipinski definition) is 2. The van der Waals surface area contributed by atoms with Crippen molar-refractivity contribution < 1.29 is 5.11 Å². The van der Waals surface area contributed by atoms with E-state index in [4.69, 9.17) is 0 Å². The van der Waals surface area contributed by atoms with Gasteiger partial charge in [0.25, 0.3) is 0 Å². The molecule has 0 aliphatic carbocycles. The molecule has 0 saturated heterocycles. The molecule has 2 rings (SSSR count). The number of hydrogen-bond donors (Lipinski definition) is 2. The Labute approximate surface area is 115 Å². The van der Waals surface area contributed by atoms with Crippen LogP contribution in [0.1, 0.15) is 29.7 Å². The number of aliphatic hydroxyl groups excluding tert-OH is 1. The fourth-order valence-corrected chi connectivity index (χ4v) is 2.13. The highest BCUT2D eigenvalue weighted by Gasteiger charge is 2.15. The van der Waals surface area contributed by atoms with E-state index in [0.717, 1.165) is 12.1 Å². The maximum absolute atomic E-state index is 10.3. The van der Waals surface area contributed by atoms with E-state index < -0.39 is 6.10 Å². The van der Waals surface area contributed by atoms with Crippen LogP contribution in [-0.4, -0.2) is 11.1 Å². The Bertz CT molecular complexity index is 510. The van der Waals surface area contributed by atoms with Crippen molar-refractivity contribution in [2.45, 2.75) is 32.5 Å². The third-order valence-electron chi connectivity index (χ3n) is 3.49. The molecule has 1 unspecified atom stereocenters. The molecule has 0 aliphatic rings. The van der Waals surface area contributed by atoms with Crippen molar-refractivity contribution in [1.82, 2.24) is 5.32 Å². The van der Waals surface area contributed by atoms with Gasteiger partial charge in [0.1, 0.15) is 0 Å². The van der Waals surface area contributed by atoms with Gasteiger partial charge >= 0.3 is 0 Å². The van der Waals surface area contributed by atoms with Gasteiger partial charge in [-0.3, -0.25) is 0 Å². The molecule has 2 heteroatoms. The van der Waals surface area contributed by atoms with Gasteiger partial charge in [0.2, 0.25) is 0 Å². The summed E-state index contributed by atoms with van der Waals surface area (Å²) in [6.07, 6.45) is -0.481. The fourth-order valence-electron chi connectivity index (χ4n) is 2.13. The smallest absolute Gasteiger partial charge is 0.0940 e. The van der Waals surface area contributed by atoms with Crippen molar-refractivity contribution in [3.8, 4) is 0 Å². The summed E-state index contributed by atoms with van der Waals surface area (Å²) in [7, 11) is 0. The SMILES string of the molecule is Cc1ccccc1CNC(C)[C@@H](O)c1ccccc1. The second-order valence-electron chi connectivity index (χ2n) is 4.95. The molecule has 2 atom stereocenters. The lowest BCUT2D eigenvalue weighted by atomic mass is 10.0. The van der Waals surface area contributed by atoms with E-state index in [0.29, 0.717) is 0 Å². The molecule has 0 aromatic heterocycles. The lowest BCUT2D eigenvalue weighted by Crippen LogP contribution is -2.31. The van der Waals surface area contributed by atoms with Gasteiger partial charge in [0.05, 0.1) is 6.10 Å². The van der Waals surface area contributed by atoms with Crippen LogP contribution in [0.3, 0.4) is 0 Å². The second-order valence-corrected chi connectivity index (χ2v) is 4.95. The van der Waals surface area contributed by atoms with Gasteiger partial charge in [-0.15, -0.1) is 0 Å². The van der Waals surface area contributed by atoms with Crippen molar-refractivity contribution in [3.63, 3.8) is 0 Å². The van der Waals surface area contributed by atoms with Crippen molar-refractivity contribution >= 4 is 0 Å². The Balaban J connectivity index is 1.95. The summed E-state index contributed by atoms with van der Waals surface area (Å²) in [5.74, 6) is 0. The van der Waals surface area contributed by atoms with Gasteiger partial charge in [-0.2, -0.15) is 0 Å². The van der Waals surface area contributed by atoms with Crippen LogP contribution >= 0.6 is 0 Å². The van der Waals surface area contributed by atoms with E-state index in [1.807, 2.05) is 49.4 Å². The monoisotopic (exact) mass is 255 g/mol. The third-order valence-corrected chi connectivity index (χ3v) is 3.49. The maximum Gasteiger partial charge on any atom is 0.0940 e. The molecule has 0 bridgehead atoms. The molecule has 100 valence electrons. The summed E-state index contributed by atoms with van der Waals surface area (Å²) in [5.41, 5.74) is 3.50. The molecule has 2 aromatic carbocycles. The first-order valence-electron chi connectivity index (χ1n) is 6.69. The van der Waals surface area contributed by atoms with Gasteiger partial charge in [0, 0.05) is 12.6 Å². The van der Waals surface area contributed by atoms with Crippen LogP contribution < -0.4 is 5.32 Å². The molecule has 0 saturated carbocycles. The minimum atomic E-state index is -0.481. The summed E-state index contributed by atoms with van der Waals surface area (Å²) in [6, 6.07) is 18.1. The molecule has 2 aromatic rings. The largest absolute Gasteiger partial charge is 0.387 e. The Morgan fingerprint density at radius 1 is 1.00 bits per heavy atom. The van der Waals surface area contributed by atoms with Crippen LogP contribution in [0.15, 0.2) is 54.6 Å². The molecule has 0 spiro atoms. The molecule has 0 aliphatic heterocycles. The molecule has 19 heavy (non-hydrogen) atoms. The average molecular weight is 255 g/mol. The summed E-state index contributed by atoms with van der Waals surface area (Å²) < 4.78 is 0. The number of rotatable bonds is 5. The predicted octanol–water partition coefficient (Wildman–Crippen LogP) is 3.21. The number of nitrogens with one attached hydrogen (secondary N) is 1. The van der Waals surface area contributed by atoms with E-state index in [-0.39, 0.29) is 6.04 Å². The Kier molecular flexibility index (Phi) is 4.72. The zero-order chi connectivity index (χ0) is 13.7. The predicted molar refractivity (Wildman–Crippen MR) is 78.9 cm³/mol. The van der Waals surface area contributed by atoms with Crippen LogP contribution in [0.5, 0.6) is 0 Å². The van der Waals surface area contributed by atoms with E-state index in [9.17, 15) is 5.11 Å². The number of aliphatic hydroxyl groups is 1. The molecular formula is C17H21NO. The lowest BCUT2D eigenvalue weighted by molar-refractivity contribution is 0.135. The van der Waals surface area contributed by atoms with Crippen LogP contribution in [0.25, 0.3) is 0 Å². The van der Waals surface area contributed by atoms with Crippen molar-refractivity contribution in [2.24, 2.45) is 0 Å². The Hall–Kier alpha value is -1.64. The normalized spacial score (nSPS) is 14.1. The molecule has 0 radical (unpaired) electrons. The zero-order valence-electron chi connectivity index (χ0n) is 11.5. The highest BCUT2D eigenvalue weighted by molar-refractivity contribution is 5.25. The van der Waals surface area contributed by atoms with Crippen molar-refractivity contribution in [1.29, 1.82) is 0 Å². The fraction of sp³-hybridized carbons (Fsp3) is 0.294. The third kappa shape index (κ3) is 3.66. The van der Waals surface area contributed by atoms with Crippen LogP contribution in [0.2, 0.25) is 0 Å². The minimum Gasteiger partial charge on any atom is -0.387 e. The lowest BCUT2D eigenvalue weighted by Gasteiger charge is -2.21.